The van der Waals surface area contributed by atoms with Crippen LogP contribution in [0.2, 0.25) is 0 Å². The lowest BCUT2D eigenvalue weighted by atomic mass is 10.1. The average Bonchev–Trinajstić information content (AvgIpc) is 2.78. The van der Waals surface area contributed by atoms with Gasteiger partial charge in [0.1, 0.15) is 0 Å². The highest BCUT2D eigenvalue weighted by atomic mass is 15.3. The number of rotatable bonds is 4. The van der Waals surface area contributed by atoms with Gasteiger partial charge in [-0.1, -0.05) is 6.92 Å². The molecule has 1 fully saturated rings. The Hall–Kier alpha value is -1.20. The Labute approximate surface area is 128 Å². The van der Waals surface area contributed by atoms with E-state index in [1.165, 1.54) is 0 Å². The molecule has 2 heterocycles. The highest BCUT2D eigenvalue weighted by Gasteiger charge is 2.31. The first kappa shape index (κ1) is 16.2. The number of likely N-dealkylation sites (N-methyl/N-ethyl adjacent to an activating group) is 1. The van der Waals surface area contributed by atoms with Crippen molar-refractivity contribution in [3.8, 4) is 0 Å². The first-order valence-electron chi connectivity index (χ1n) is 7.75. The maximum Gasteiger partial charge on any atom is 0.151 e. The van der Waals surface area contributed by atoms with Crippen LogP contribution in [0.3, 0.4) is 0 Å². The second-order valence-corrected chi connectivity index (χ2v) is 7.40. The van der Waals surface area contributed by atoms with E-state index in [4.69, 9.17) is 0 Å². The highest BCUT2D eigenvalue weighted by molar-refractivity contribution is 5.39. The van der Waals surface area contributed by atoms with Crippen molar-refractivity contribution >= 4 is 5.82 Å². The minimum absolute atomic E-state index is 0.101. The summed E-state index contributed by atoms with van der Waals surface area (Å²) < 4.78 is 0. The van der Waals surface area contributed by atoms with E-state index in [9.17, 15) is 0 Å². The van der Waals surface area contributed by atoms with Crippen LogP contribution in [0.25, 0.3) is 0 Å². The van der Waals surface area contributed by atoms with Crippen LogP contribution in [-0.4, -0.2) is 53.9 Å². The maximum absolute atomic E-state index is 4.41. The van der Waals surface area contributed by atoms with Crippen LogP contribution in [-0.2, 0) is 6.54 Å². The second kappa shape index (κ2) is 6.28. The lowest BCUT2D eigenvalue weighted by Crippen LogP contribution is -2.35. The molecule has 0 radical (unpaired) electrons. The fourth-order valence-electron chi connectivity index (χ4n) is 2.78. The summed E-state index contributed by atoms with van der Waals surface area (Å²) in [5, 5.41) is 12.2. The molecule has 2 unspecified atom stereocenters. The van der Waals surface area contributed by atoms with Crippen LogP contribution in [0.1, 0.15) is 33.4 Å². The fourth-order valence-corrected chi connectivity index (χ4v) is 2.78. The van der Waals surface area contributed by atoms with Crippen molar-refractivity contribution in [3.63, 3.8) is 0 Å². The molecule has 21 heavy (non-hydrogen) atoms. The van der Waals surface area contributed by atoms with Crippen molar-refractivity contribution in [2.24, 2.45) is 5.92 Å². The van der Waals surface area contributed by atoms with Crippen molar-refractivity contribution in [1.29, 1.82) is 0 Å². The van der Waals surface area contributed by atoms with Crippen LogP contribution >= 0.6 is 0 Å². The third-order valence-corrected chi connectivity index (χ3v) is 4.07. The van der Waals surface area contributed by atoms with Crippen LogP contribution in [0.15, 0.2) is 12.1 Å². The molecule has 1 aliphatic heterocycles. The Kier molecular flexibility index (Phi) is 4.84. The zero-order valence-electron chi connectivity index (χ0n) is 14.2. The number of hydrogen-bond donors (Lipinski definition) is 1. The van der Waals surface area contributed by atoms with Crippen molar-refractivity contribution < 1.29 is 0 Å². The second-order valence-electron chi connectivity index (χ2n) is 7.40. The van der Waals surface area contributed by atoms with Gasteiger partial charge in [-0.3, -0.25) is 0 Å². The first-order valence-corrected chi connectivity index (χ1v) is 7.75. The van der Waals surface area contributed by atoms with Gasteiger partial charge >= 0.3 is 0 Å². The maximum atomic E-state index is 4.41. The number of nitrogens with zero attached hydrogens (tertiary/aromatic N) is 4. The Balaban J connectivity index is 1.97. The monoisotopic (exact) mass is 291 g/mol. The summed E-state index contributed by atoms with van der Waals surface area (Å²) in [6.45, 7) is 11.6. The quantitative estimate of drug-likeness (QED) is 0.915. The van der Waals surface area contributed by atoms with Crippen molar-refractivity contribution in [2.45, 2.75) is 45.8 Å². The summed E-state index contributed by atoms with van der Waals surface area (Å²) >= 11 is 0. The van der Waals surface area contributed by atoms with Crippen LogP contribution in [0.4, 0.5) is 5.82 Å². The van der Waals surface area contributed by atoms with Gasteiger partial charge in [0.2, 0.25) is 0 Å². The lowest BCUT2D eigenvalue weighted by Gasteiger charge is -2.22. The van der Waals surface area contributed by atoms with Gasteiger partial charge in [0.05, 0.1) is 5.69 Å². The van der Waals surface area contributed by atoms with E-state index >= 15 is 0 Å². The molecule has 0 bridgehead atoms. The molecule has 5 nitrogen and oxygen atoms in total. The van der Waals surface area contributed by atoms with Crippen LogP contribution < -0.4 is 10.2 Å². The zero-order chi connectivity index (χ0) is 15.6. The molecule has 1 saturated heterocycles. The van der Waals surface area contributed by atoms with E-state index in [1.807, 2.05) is 0 Å². The lowest BCUT2D eigenvalue weighted by molar-refractivity contribution is 0.266. The highest BCUT2D eigenvalue weighted by Crippen LogP contribution is 2.24. The molecule has 0 aromatic carbocycles. The molecule has 1 aliphatic rings. The fraction of sp³-hybridized carbons (Fsp3) is 0.750. The number of hydrogen-bond acceptors (Lipinski definition) is 5. The van der Waals surface area contributed by atoms with Gasteiger partial charge in [0, 0.05) is 31.2 Å². The summed E-state index contributed by atoms with van der Waals surface area (Å²) in [4.78, 5) is 4.64. The standard InChI is InChI=1S/C16H29N5/c1-12-10-21(11-14(12)20(5)6)15-8-7-13(18-19-15)9-17-16(2,3)4/h7-8,12,14,17H,9-11H2,1-6H3. The predicted molar refractivity (Wildman–Crippen MR) is 87.5 cm³/mol. The number of nitrogens with one attached hydrogen (secondary N) is 1. The minimum Gasteiger partial charge on any atom is -0.353 e. The van der Waals surface area contributed by atoms with E-state index in [-0.39, 0.29) is 5.54 Å². The average molecular weight is 291 g/mol. The molecule has 5 heteroatoms. The molecule has 1 aromatic rings. The third kappa shape index (κ3) is 4.38. The van der Waals surface area contributed by atoms with E-state index < -0.39 is 0 Å². The van der Waals surface area contributed by atoms with Gasteiger partial charge in [-0.2, -0.15) is 5.10 Å². The third-order valence-electron chi connectivity index (χ3n) is 4.07. The summed E-state index contributed by atoms with van der Waals surface area (Å²) in [6, 6.07) is 4.76. The van der Waals surface area contributed by atoms with E-state index in [0.717, 1.165) is 31.1 Å². The molecule has 1 N–H and O–H groups in total. The molecular formula is C16H29N5. The van der Waals surface area contributed by atoms with E-state index in [2.05, 4.69) is 79.2 Å². The van der Waals surface area contributed by atoms with Crippen molar-refractivity contribution in [2.75, 3.05) is 32.1 Å². The van der Waals surface area contributed by atoms with E-state index in [1.54, 1.807) is 0 Å². The molecule has 0 saturated carbocycles. The molecule has 0 spiro atoms. The van der Waals surface area contributed by atoms with E-state index in [0.29, 0.717) is 12.0 Å². The molecule has 0 amide bonds. The molecule has 1 aromatic heterocycles. The molecule has 2 atom stereocenters. The van der Waals surface area contributed by atoms with Gasteiger partial charge < -0.3 is 15.1 Å². The Morgan fingerprint density at radius 1 is 1.24 bits per heavy atom. The molecule has 118 valence electrons. The Bertz CT molecular complexity index is 449. The summed E-state index contributed by atoms with van der Waals surface area (Å²) in [6.07, 6.45) is 0. The van der Waals surface area contributed by atoms with Crippen LogP contribution in [0.5, 0.6) is 0 Å². The van der Waals surface area contributed by atoms with Crippen molar-refractivity contribution in [1.82, 2.24) is 20.4 Å². The Morgan fingerprint density at radius 2 is 1.95 bits per heavy atom. The topological polar surface area (TPSA) is 44.3 Å². The summed E-state index contributed by atoms with van der Waals surface area (Å²) in [7, 11) is 4.30. The van der Waals surface area contributed by atoms with Gasteiger partial charge in [0.25, 0.3) is 0 Å². The number of anilines is 1. The summed E-state index contributed by atoms with van der Waals surface area (Å²) in [5.41, 5.74) is 1.09. The Morgan fingerprint density at radius 3 is 2.43 bits per heavy atom. The van der Waals surface area contributed by atoms with Gasteiger partial charge in [-0.25, -0.2) is 0 Å². The van der Waals surface area contributed by atoms with Gasteiger partial charge in [-0.05, 0) is 52.9 Å². The normalized spacial score (nSPS) is 23.1. The van der Waals surface area contributed by atoms with Crippen LogP contribution in [0, 0.1) is 5.92 Å². The molecule has 2 rings (SSSR count). The predicted octanol–water partition coefficient (Wildman–Crippen LogP) is 1.75. The SMILES string of the molecule is CC1CN(c2ccc(CNC(C)(C)C)nn2)CC1N(C)C. The molecule has 0 aliphatic carbocycles. The van der Waals surface area contributed by atoms with Crippen molar-refractivity contribution in [3.05, 3.63) is 17.8 Å². The first-order chi connectivity index (χ1) is 9.76. The summed E-state index contributed by atoms with van der Waals surface area (Å²) in [5.74, 6) is 1.65. The van der Waals surface area contributed by atoms with Gasteiger partial charge in [0.15, 0.2) is 5.82 Å². The number of aromatic nitrogens is 2. The minimum atomic E-state index is 0.101. The smallest absolute Gasteiger partial charge is 0.151 e. The largest absolute Gasteiger partial charge is 0.353 e. The molecular weight excluding hydrogens is 262 g/mol. The van der Waals surface area contributed by atoms with Gasteiger partial charge in [-0.15, -0.1) is 5.10 Å². The zero-order valence-corrected chi connectivity index (χ0v) is 14.2.